The van der Waals surface area contributed by atoms with E-state index in [9.17, 15) is 9.90 Å². The number of likely N-dealkylation sites (tertiary alicyclic amines) is 1. The van der Waals surface area contributed by atoms with Gasteiger partial charge in [0.05, 0.1) is 18.0 Å². The van der Waals surface area contributed by atoms with Gasteiger partial charge in [0.15, 0.2) is 6.04 Å². The van der Waals surface area contributed by atoms with E-state index >= 15 is 0 Å². The van der Waals surface area contributed by atoms with E-state index in [-0.39, 0.29) is 23.7 Å². The smallest absolute Gasteiger partial charge is 0.235 e. The molecule has 9 heteroatoms. The van der Waals surface area contributed by atoms with Crippen LogP contribution in [-0.4, -0.2) is 38.7 Å². The summed E-state index contributed by atoms with van der Waals surface area (Å²) in [4.78, 5) is 20.1. The van der Waals surface area contributed by atoms with E-state index in [0.29, 0.717) is 10.8 Å². The zero-order valence-corrected chi connectivity index (χ0v) is 16.4. The Hall–Kier alpha value is -1.97. The van der Waals surface area contributed by atoms with Crippen molar-refractivity contribution in [2.75, 3.05) is 13.1 Å². The van der Waals surface area contributed by atoms with Crippen LogP contribution in [0.15, 0.2) is 11.4 Å². The molecule has 3 aromatic heterocycles. The molecule has 138 valence electrons. The molecular weight excluding hydrogens is 370 g/mol. The van der Waals surface area contributed by atoms with Crippen LogP contribution in [0.5, 0.6) is 5.88 Å². The highest BCUT2D eigenvalue weighted by atomic mass is 32.1. The van der Waals surface area contributed by atoms with Crippen LogP contribution in [0, 0.1) is 19.8 Å². The van der Waals surface area contributed by atoms with Crippen LogP contribution in [-0.2, 0) is 4.79 Å². The van der Waals surface area contributed by atoms with Crippen LogP contribution in [0.25, 0.3) is 4.96 Å². The third-order valence-electron chi connectivity index (χ3n) is 5.17. The van der Waals surface area contributed by atoms with E-state index in [2.05, 4.69) is 28.5 Å². The lowest BCUT2D eigenvalue weighted by atomic mass is 9.94. The monoisotopic (exact) mass is 392 g/mol. The van der Waals surface area contributed by atoms with Gasteiger partial charge in [-0.3, -0.25) is 4.79 Å². The van der Waals surface area contributed by atoms with Gasteiger partial charge in [0.25, 0.3) is 0 Å². The fourth-order valence-electron chi connectivity index (χ4n) is 3.77. The second kappa shape index (κ2) is 6.64. The molecule has 0 aliphatic carbocycles. The van der Waals surface area contributed by atoms with Gasteiger partial charge in [-0.05, 0) is 30.9 Å². The molecule has 1 saturated heterocycles. The van der Waals surface area contributed by atoms with Crippen molar-refractivity contribution >= 4 is 33.5 Å². The number of thiazole rings is 1. The Morgan fingerprint density at radius 3 is 2.69 bits per heavy atom. The number of aryl methyl sites for hydroxylation is 2. The van der Waals surface area contributed by atoms with Crippen LogP contribution >= 0.6 is 22.7 Å². The maximum absolute atomic E-state index is 11.5. The number of carbonyl (C=O) groups excluding carboxylic acids is 1. The normalized spacial score (nSPS) is 21.9. The van der Waals surface area contributed by atoms with Crippen molar-refractivity contribution in [1.29, 1.82) is 0 Å². The van der Waals surface area contributed by atoms with E-state index in [0.717, 1.165) is 30.8 Å². The minimum Gasteiger partial charge on any atom is -0.492 e. The van der Waals surface area contributed by atoms with Crippen LogP contribution < -0.4 is 10.6 Å². The highest BCUT2D eigenvalue weighted by molar-refractivity contribution is 7.17. The van der Waals surface area contributed by atoms with E-state index in [1.165, 1.54) is 31.2 Å². The number of carbonyl (C=O) groups is 1. The summed E-state index contributed by atoms with van der Waals surface area (Å²) in [5.74, 6) is 0.580. The van der Waals surface area contributed by atoms with Crippen LogP contribution in [0.4, 0.5) is 0 Å². The highest BCUT2D eigenvalue weighted by Crippen LogP contribution is 2.38. The molecule has 26 heavy (non-hydrogen) atoms. The van der Waals surface area contributed by atoms with E-state index < -0.39 is 0 Å². The van der Waals surface area contributed by atoms with E-state index in [1.54, 1.807) is 11.3 Å². The molecule has 0 aromatic carbocycles. The molecule has 4 N–H and O–H groups in total. The Morgan fingerprint density at radius 2 is 2.12 bits per heavy atom. The maximum atomic E-state index is 11.5. The molecule has 4 rings (SSSR count). The van der Waals surface area contributed by atoms with Crippen molar-refractivity contribution in [3.05, 3.63) is 32.6 Å². The molecule has 1 aliphatic rings. The number of quaternary nitrogens is 1. The summed E-state index contributed by atoms with van der Waals surface area (Å²) in [6.07, 6.45) is 1.57. The Kier molecular flexibility index (Phi) is 4.45. The number of piperidine rings is 1. The first kappa shape index (κ1) is 17.4. The minimum atomic E-state index is -0.204. The number of fused-ring (bicyclic) bond motifs is 1. The number of aromatic hydroxyl groups is 1. The SMILES string of the molecule is Cc1nc2sc([C@H](c3sccc3C)[NH+]3CCC(C(N)=O)CC3)c(O)n2n1. The summed E-state index contributed by atoms with van der Waals surface area (Å²) in [5.41, 5.74) is 6.71. The number of amides is 1. The van der Waals surface area contributed by atoms with Gasteiger partial charge >= 0.3 is 0 Å². The van der Waals surface area contributed by atoms with Gasteiger partial charge in [0.2, 0.25) is 16.7 Å². The van der Waals surface area contributed by atoms with Crippen molar-refractivity contribution in [1.82, 2.24) is 14.6 Å². The molecule has 1 aliphatic heterocycles. The van der Waals surface area contributed by atoms with Crippen molar-refractivity contribution in [2.45, 2.75) is 32.7 Å². The molecule has 0 unspecified atom stereocenters. The van der Waals surface area contributed by atoms with Gasteiger partial charge in [-0.1, -0.05) is 11.3 Å². The lowest BCUT2D eigenvalue weighted by Gasteiger charge is -2.33. The minimum absolute atomic E-state index is 0.0256. The molecule has 1 fully saturated rings. The van der Waals surface area contributed by atoms with Gasteiger partial charge < -0.3 is 15.7 Å². The predicted molar refractivity (Wildman–Crippen MR) is 101 cm³/mol. The summed E-state index contributed by atoms with van der Waals surface area (Å²) in [6, 6.07) is 2.14. The van der Waals surface area contributed by atoms with Gasteiger partial charge in [-0.25, -0.2) is 4.98 Å². The molecular formula is C17H22N5O2S2+. The predicted octanol–water partition coefficient (Wildman–Crippen LogP) is 1.04. The van der Waals surface area contributed by atoms with Crippen LogP contribution in [0.1, 0.15) is 40.0 Å². The number of primary amides is 1. The molecule has 0 spiro atoms. The van der Waals surface area contributed by atoms with Gasteiger partial charge in [-0.15, -0.1) is 16.4 Å². The standard InChI is InChI=1S/C17H21N5O2S2/c1-9-5-8-25-13(9)12(21-6-3-11(4-7-21)15(18)23)14-16(24)22-17(26-14)19-10(2)20-22/h5,8,11-12,24H,3-4,6-7H2,1-2H3,(H2,18,23)/p+1/t12-/m0/s1. The van der Waals surface area contributed by atoms with Crippen molar-refractivity contribution in [2.24, 2.45) is 11.7 Å². The number of nitrogens with one attached hydrogen (secondary N) is 1. The zero-order chi connectivity index (χ0) is 18.4. The molecule has 0 saturated carbocycles. The van der Waals surface area contributed by atoms with E-state index in [4.69, 9.17) is 5.73 Å². The summed E-state index contributed by atoms with van der Waals surface area (Å²) in [7, 11) is 0. The van der Waals surface area contributed by atoms with Gasteiger partial charge in [0, 0.05) is 18.8 Å². The topological polar surface area (TPSA) is 98.0 Å². The number of thiophene rings is 1. The number of hydrogen-bond donors (Lipinski definition) is 3. The first-order valence-corrected chi connectivity index (χ1v) is 10.4. The lowest BCUT2D eigenvalue weighted by molar-refractivity contribution is -0.930. The van der Waals surface area contributed by atoms with E-state index in [1.807, 2.05) is 6.92 Å². The molecule has 3 aromatic rings. The second-order valence-corrected chi connectivity index (χ2v) is 8.84. The Bertz CT molecular complexity index is 952. The fraction of sp³-hybridized carbons (Fsp3) is 0.471. The molecule has 4 heterocycles. The maximum Gasteiger partial charge on any atom is 0.235 e. The quantitative estimate of drug-likeness (QED) is 0.618. The van der Waals surface area contributed by atoms with Crippen LogP contribution in [0.2, 0.25) is 0 Å². The summed E-state index contributed by atoms with van der Waals surface area (Å²) >= 11 is 3.20. The van der Waals surface area contributed by atoms with Gasteiger partial charge in [-0.2, -0.15) is 4.52 Å². The summed E-state index contributed by atoms with van der Waals surface area (Å²) in [5, 5.41) is 17.2. The Balaban J connectivity index is 1.74. The van der Waals surface area contributed by atoms with Crippen molar-refractivity contribution < 1.29 is 14.8 Å². The first-order chi connectivity index (χ1) is 12.5. The highest BCUT2D eigenvalue weighted by Gasteiger charge is 2.37. The molecule has 0 bridgehead atoms. The average Bonchev–Trinajstić information content (AvgIpc) is 3.27. The second-order valence-electron chi connectivity index (χ2n) is 6.88. The molecule has 1 atom stereocenters. The number of rotatable bonds is 4. The Morgan fingerprint density at radius 1 is 1.38 bits per heavy atom. The molecule has 7 nitrogen and oxygen atoms in total. The molecule has 0 radical (unpaired) electrons. The third-order valence-corrected chi connectivity index (χ3v) is 7.34. The van der Waals surface area contributed by atoms with Crippen molar-refractivity contribution in [3.63, 3.8) is 0 Å². The Labute approximate surface area is 159 Å². The van der Waals surface area contributed by atoms with Crippen molar-refractivity contribution in [3.8, 4) is 5.88 Å². The van der Waals surface area contributed by atoms with Gasteiger partial charge in [0.1, 0.15) is 10.7 Å². The third kappa shape index (κ3) is 2.89. The van der Waals surface area contributed by atoms with Crippen LogP contribution in [0.3, 0.4) is 0 Å². The number of aromatic nitrogens is 3. The lowest BCUT2D eigenvalue weighted by Crippen LogP contribution is -3.13. The number of nitrogens with two attached hydrogens (primary N) is 1. The largest absolute Gasteiger partial charge is 0.492 e. The summed E-state index contributed by atoms with van der Waals surface area (Å²) < 4.78 is 1.53. The molecule has 1 amide bonds. The number of nitrogens with zero attached hydrogens (tertiary/aromatic N) is 3. The zero-order valence-electron chi connectivity index (χ0n) is 14.7. The summed E-state index contributed by atoms with van der Waals surface area (Å²) in [6.45, 7) is 5.62. The fourth-order valence-corrected chi connectivity index (χ4v) is 6.10. The first-order valence-electron chi connectivity index (χ1n) is 8.68. The number of hydrogen-bond acceptors (Lipinski definition) is 6. The average molecular weight is 393 g/mol.